The first-order chi connectivity index (χ1) is 10.1. The molecule has 0 saturated carbocycles. The maximum absolute atomic E-state index is 12.3. The molecular weight excluding hydrogens is 278 g/mol. The maximum atomic E-state index is 12.3. The molecule has 2 aliphatic rings. The van der Waals surface area contributed by atoms with Crippen LogP contribution in [0.15, 0.2) is 30.3 Å². The average Bonchev–Trinajstić information content (AvgIpc) is 2.88. The molecule has 2 aliphatic heterocycles. The summed E-state index contributed by atoms with van der Waals surface area (Å²) >= 11 is 0. The largest absolute Gasteiger partial charge is 0.479 e. The Morgan fingerprint density at radius 2 is 1.95 bits per heavy atom. The maximum Gasteiger partial charge on any atom is 0.335 e. The highest BCUT2D eigenvalue weighted by Crippen LogP contribution is 2.32. The van der Waals surface area contributed by atoms with E-state index >= 15 is 0 Å². The summed E-state index contributed by atoms with van der Waals surface area (Å²) in [5.41, 5.74) is 0.887. The highest BCUT2D eigenvalue weighted by Gasteiger charge is 2.55. The number of hydrogen-bond acceptors (Lipinski definition) is 5. The Kier molecular flexibility index (Phi) is 3.62. The van der Waals surface area contributed by atoms with Gasteiger partial charge in [-0.25, -0.2) is 4.79 Å². The monoisotopic (exact) mass is 293 g/mol. The quantitative estimate of drug-likeness (QED) is 0.783. The van der Waals surface area contributed by atoms with Gasteiger partial charge in [0.05, 0.1) is 12.6 Å². The van der Waals surface area contributed by atoms with E-state index in [2.05, 4.69) is 0 Å². The van der Waals surface area contributed by atoms with Crippen LogP contribution in [0.1, 0.15) is 5.56 Å². The lowest BCUT2D eigenvalue weighted by atomic mass is 10.0. The smallest absolute Gasteiger partial charge is 0.335 e. The Hall–Kier alpha value is -1.96. The van der Waals surface area contributed by atoms with Crippen molar-refractivity contribution < 1.29 is 29.3 Å². The van der Waals surface area contributed by atoms with E-state index in [1.54, 1.807) is 0 Å². The molecule has 112 valence electrons. The molecule has 2 fully saturated rings. The Balaban J connectivity index is 1.86. The minimum absolute atomic E-state index is 0.275. The van der Waals surface area contributed by atoms with Crippen molar-refractivity contribution in [1.82, 2.24) is 4.90 Å². The molecule has 0 radical (unpaired) electrons. The number of aliphatic hydroxyl groups is 1. The molecule has 1 aromatic carbocycles. The number of nitrogens with zero attached hydrogens (tertiary/aromatic N) is 1. The first-order valence-corrected chi connectivity index (χ1v) is 6.61. The third-order valence-electron chi connectivity index (χ3n) is 3.74. The highest BCUT2D eigenvalue weighted by molar-refractivity contribution is 5.83. The van der Waals surface area contributed by atoms with Crippen molar-refractivity contribution >= 4 is 11.9 Å². The summed E-state index contributed by atoms with van der Waals surface area (Å²) in [6.45, 7) is -0.111. The van der Waals surface area contributed by atoms with Gasteiger partial charge in [0, 0.05) is 6.54 Å². The topological polar surface area (TPSA) is 96.3 Å². The van der Waals surface area contributed by atoms with Crippen molar-refractivity contribution in [2.24, 2.45) is 0 Å². The lowest BCUT2D eigenvalue weighted by Crippen LogP contribution is -2.57. The number of carboxylic acid groups (broad SMARTS) is 1. The number of fused-ring (bicyclic) bond motifs is 2. The Morgan fingerprint density at radius 3 is 2.57 bits per heavy atom. The number of carboxylic acids is 1. The second-order valence-electron chi connectivity index (χ2n) is 5.03. The van der Waals surface area contributed by atoms with E-state index in [0.29, 0.717) is 0 Å². The van der Waals surface area contributed by atoms with Crippen LogP contribution in [-0.4, -0.2) is 58.1 Å². The van der Waals surface area contributed by atoms with Gasteiger partial charge in [-0.05, 0) is 5.56 Å². The van der Waals surface area contributed by atoms with Crippen LogP contribution < -0.4 is 0 Å². The number of carbonyl (C=O) groups excluding carboxylic acids is 1. The molecule has 21 heavy (non-hydrogen) atoms. The lowest BCUT2D eigenvalue weighted by molar-refractivity contribution is -0.181. The fraction of sp³-hybridized carbons (Fsp3) is 0.429. The highest BCUT2D eigenvalue weighted by atomic mass is 16.7. The zero-order chi connectivity index (χ0) is 15.0. The molecule has 4 atom stereocenters. The van der Waals surface area contributed by atoms with Crippen LogP contribution in [-0.2, 0) is 25.6 Å². The third-order valence-corrected chi connectivity index (χ3v) is 3.74. The van der Waals surface area contributed by atoms with Crippen LogP contribution in [0, 0.1) is 0 Å². The van der Waals surface area contributed by atoms with E-state index in [-0.39, 0.29) is 13.2 Å². The fourth-order valence-corrected chi connectivity index (χ4v) is 2.72. The zero-order valence-electron chi connectivity index (χ0n) is 11.1. The molecule has 7 nitrogen and oxygen atoms in total. The minimum atomic E-state index is -1.24. The molecule has 0 aromatic heterocycles. The van der Waals surface area contributed by atoms with Crippen LogP contribution in [0.5, 0.6) is 0 Å². The number of carbonyl (C=O) groups is 2. The van der Waals surface area contributed by atoms with Gasteiger partial charge in [0.15, 0.2) is 6.10 Å². The Morgan fingerprint density at radius 1 is 1.24 bits per heavy atom. The Bertz CT molecular complexity index is 548. The first kappa shape index (κ1) is 14.0. The zero-order valence-corrected chi connectivity index (χ0v) is 11.1. The number of amides is 1. The number of hydrogen-bond donors (Lipinski definition) is 2. The van der Waals surface area contributed by atoms with Crippen molar-refractivity contribution in [3.63, 3.8) is 0 Å². The van der Waals surface area contributed by atoms with E-state index in [9.17, 15) is 14.7 Å². The minimum Gasteiger partial charge on any atom is -0.479 e. The van der Waals surface area contributed by atoms with Gasteiger partial charge in [-0.3, -0.25) is 4.79 Å². The van der Waals surface area contributed by atoms with Gasteiger partial charge in [0.2, 0.25) is 6.29 Å². The molecule has 2 heterocycles. The summed E-state index contributed by atoms with van der Waals surface area (Å²) in [7, 11) is 0. The first-order valence-electron chi connectivity index (χ1n) is 6.61. The van der Waals surface area contributed by atoms with Gasteiger partial charge in [0.25, 0.3) is 5.91 Å². The normalized spacial score (nSPS) is 31.5. The third kappa shape index (κ3) is 2.39. The molecule has 7 heteroatoms. The van der Waals surface area contributed by atoms with E-state index in [0.717, 1.165) is 5.56 Å². The summed E-state index contributed by atoms with van der Waals surface area (Å²) < 4.78 is 10.4. The summed E-state index contributed by atoms with van der Waals surface area (Å²) in [6.07, 6.45) is -3.31. The number of benzene rings is 1. The molecule has 0 unspecified atom stereocenters. The van der Waals surface area contributed by atoms with Gasteiger partial charge in [-0.1, -0.05) is 30.3 Å². The van der Waals surface area contributed by atoms with Crippen LogP contribution >= 0.6 is 0 Å². The predicted molar refractivity (Wildman–Crippen MR) is 69.0 cm³/mol. The number of morpholine rings is 1. The van der Waals surface area contributed by atoms with Crippen LogP contribution in [0.4, 0.5) is 0 Å². The van der Waals surface area contributed by atoms with E-state index in [1.165, 1.54) is 4.90 Å². The molecule has 2 saturated heterocycles. The second-order valence-corrected chi connectivity index (χ2v) is 5.03. The fourth-order valence-electron chi connectivity index (χ4n) is 2.72. The molecule has 1 aromatic rings. The van der Waals surface area contributed by atoms with Crippen molar-refractivity contribution in [2.45, 2.75) is 31.1 Å². The van der Waals surface area contributed by atoms with Crippen molar-refractivity contribution in [3.05, 3.63) is 35.9 Å². The average molecular weight is 293 g/mol. The van der Waals surface area contributed by atoms with Gasteiger partial charge in [-0.2, -0.15) is 0 Å². The van der Waals surface area contributed by atoms with Crippen molar-refractivity contribution in [3.8, 4) is 0 Å². The standard InChI is InChI=1S/C14H15NO6/c16-7-9-10-11(13(18)19)21-14(20-10)12(17)15(9)6-8-4-2-1-3-5-8/h1-5,9-11,14,16H,6-7H2,(H,18,19)/t9-,10+,11-,14-/m1/s1. The molecular formula is C14H15NO6. The lowest BCUT2D eigenvalue weighted by Gasteiger charge is -2.37. The van der Waals surface area contributed by atoms with E-state index in [1.807, 2.05) is 30.3 Å². The van der Waals surface area contributed by atoms with E-state index in [4.69, 9.17) is 14.6 Å². The number of ether oxygens (including phenoxy) is 2. The van der Waals surface area contributed by atoms with Gasteiger partial charge < -0.3 is 24.6 Å². The molecule has 0 aliphatic carbocycles. The molecule has 3 rings (SSSR count). The molecule has 2 N–H and O–H groups in total. The van der Waals surface area contributed by atoms with E-state index < -0.39 is 36.4 Å². The summed E-state index contributed by atoms with van der Waals surface area (Å²) in [5.74, 6) is -1.66. The second kappa shape index (κ2) is 5.44. The van der Waals surface area contributed by atoms with Crippen LogP contribution in [0.2, 0.25) is 0 Å². The number of rotatable bonds is 4. The number of aliphatic hydroxyl groups excluding tert-OH is 1. The van der Waals surface area contributed by atoms with Crippen molar-refractivity contribution in [2.75, 3.05) is 6.61 Å². The van der Waals surface area contributed by atoms with Crippen LogP contribution in [0.25, 0.3) is 0 Å². The molecule has 2 bridgehead atoms. The Labute approximate surface area is 120 Å². The summed E-state index contributed by atoms with van der Waals surface area (Å²) in [6, 6.07) is 8.53. The molecule has 0 spiro atoms. The van der Waals surface area contributed by atoms with Gasteiger partial charge in [0.1, 0.15) is 6.10 Å². The predicted octanol–water partition coefficient (Wildman–Crippen LogP) is -0.416. The van der Waals surface area contributed by atoms with Crippen molar-refractivity contribution in [1.29, 1.82) is 0 Å². The SMILES string of the molecule is O=C(O)[C@@H]1O[C@H]2O[C@H]1[C@@H](CO)N(Cc1ccccc1)C2=O. The number of aliphatic carboxylic acids is 1. The summed E-state index contributed by atoms with van der Waals surface area (Å²) in [5, 5.41) is 18.7. The van der Waals surface area contributed by atoms with Crippen LogP contribution in [0.3, 0.4) is 0 Å². The summed E-state index contributed by atoms with van der Waals surface area (Å²) in [4.78, 5) is 24.9. The molecule has 1 amide bonds. The van der Waals surface area contributed by atoms with Gasteiger partial charge >= 0.3 is 5.97 Å². The van der Waals surface area contributed by atoms with Gasteiger partial charge in [-0.15, -0.1) is 0 Å².